The van der Waals surface area contributed by atoms with E-state index in [0.29, 0.717) is 0 Å². The summed E-state index contributed by atoms with van der Waals surface area (Å²) in [6.07, 6.45) is 3.76. The van der Waals surface area contributed by atoms with Crippen LogP contribution in [-0.2, 0) is 13.1 Å². The third-order valence-electron chi connectivity index (χ3n) is 4.52. The summed E-state index contributed by atoms with van der Waals surface area (Å²) in [5, 5.41) is 0. The number of nitrogens with zero attached hydrogens (tertiary/aromatic N) is 3. The quantitative estimate of drug-likeness (QED) is 0.864. The molecule has 3 heteroatoms. The molecule has 0 spiro atoms. The SMILES string of the molecule is Cc1ccc(C)c(CN2CCN(Cc3ccncc3)CC2)c1. The van der Waals surface area contributed by atoms with Crippen LogP contribution in [0.1, 0.15) is 22.3 Å². The molecule has 1 saturated heterocycles. The number of piperazine rings is 1. The first-order chi connectivity index (χ1) is 10.7. The van der Waals surface area contributed by atoms with Crippen molar-refractivity contribution in [3.63, 3.8) is 0 Å². The number of aryl methyl sites for hydroxylation is 2. The van der Waals surface area contributed by atoms with Gasteiger partial charge in [-0.1, -0.05) is 23.8 Å². The predicted octanol–water partition coefficient (Wildman–Crippen LogP) is 3.02. The zero-order chi connectivity index (χ0) is 15.4. The number of hydrogen-bond donors (Lipinski definition) is 0. The van der Waals surface area contributed by atoms with Gasteiger partial charge in [-0.2, -0.15) is 0 Å². The number of pyridine rings is 1. The highest BCUT2D eigenvalue weighted by Crippen LogP contribution is 2.15. The first-order valence-corrected chi connectivity index (χ1v) is 8.10. The van der Waals surface area contributed by atoms with Crippen LogP contribution in [0.5, 0.6) is 0 Å². The van der Waals surface area contributed by atoms with Crippen LogP contribution in [0.25, 0.3) is 0 Å². The molecule has 1 aromatic carbocycles. The molecule has 2 aromatic rings. The van der Waals surface area contributed by atoms with E-state index in [-0.39, 0.29) is 0 Å². The third kappa shape index (κ3) is 3.93. The lowest BCUT2D eigenvalue weighted by Crippen LogP contribution is -2.45. The fraction of sp³-hybridized carbons (Fsp3) is 0.421. The standard InChI is InChI=1S/C19H25N3/c1-16-3-4-17(2)19(13-16)15-22-11-9-21(10-12-22)14-18-5-7-20-8-6-18/h3-8,13H,9-12,14-15H2,1-2H3. The van der Waals surface area contributed by atoms with E-state index in [1.807, 2.05) is 12.4 Å². The summed E-state index contributed by atoms with van der Waals surface area (Å²) in [4.78, 5) is 9.20. The van der Waals surface area contributed by atoms with Crippen LogP contribution in [0.2, 0.25) is 0 Å². The maximum atomic E-state index is 4.09. The lowest BCUT2D eigenvalue weighted by molar-refractivity contribution is 0.122. The molecule has 0 amide bonds. The van der Waals surface area contributed by atoms with E-state index in [1.54, 1.807) is 0 Å². The zero-order valence-electron chi connectivity index (χ0n) is 13.6. The largest absolute Gasteiger partial charge is 0.297 e. The molecule has 1 aliphatic rings. The lowest BCUT2D eigenvalue weighted by atomic mass is 10.0. The zero-order valence-corrected chi connectivity index (χ0v) is 13.6. The highest BCUT2D eigenvalue weighted by molar-refractivity contribution is 5.30. The Bertz CT molecular complexity index is 601. The highest BCUT2D eigenvalue weighted by Gasteiger charge is 2.17. The minimum absolute atomic E-state index is 1.04. The Hall–Kier alpha value is -1.71. The highest BCUT2D eigenvalue weighted by atomic mass is 15.3. The van der Waals surface area contributed by atoms with Crippen molar-refractivity contribution in [3.05, 3.63) is 65.0 Å². The van der Waals surface area contributed by atoms with Crippen molar-refractivity contribution < 1.29 is 0 Å². The number of hydrogen-bond acceptors (Lipinski definition) is 3. The minimum atomic E-state index is 1.04. The average molecular weight is 295 g/mol. The monoisotopic (exact) mass is 295 g/mol. The second-order valence-corrected chi connectivity index (χ2v) is 6.34. The fourth-order valence-corrected chi connectivity index (χ4v) is 3.06. The molecule has 1 aromatic heterocycles. The van der Waals surface area contributed by atoms with Gasteiger partial charge >= 0.3 is 0 Å². The Kier molecular flexibility index (Phi) is 4.86. The Balaban J connectivity index is 1.52. The summed E-state index contributed by atoms with van der Waals surface area (Å²) in [6, 6.07) is 11.0. The lowest BCUT2D eigenvalue weighted by Gasteiger charge is -2.35. The summed E-state index contributed by atoms with van der Waals surface area (Å²) >= 11 is 0. The Morgan fingerprint density at radius 3 is 2.18 bits per heavy atom. The van der Waals surface area contributed by atoms with E-state index in [1.165, 1.54) is 22.3 Å². The fourth-order valence-electron chi connectivity index (χ4n) is 3.06. The maximum Gasteiger partial charge on any atom is 0.0271 e. The van der Waals surface area contributed by atoms with Crippen molar-refractivity contribution >= 4 is 0 Å². The van der Waals surface area contributed by atoms with Crippen molar-refractivity contribution in [2.75, 3.05) is 26.2 Å². The molecule has 2 heterocycles. The Morgan fingerprint density at radius 1 is 0.864 bits per heavy atom. The van der Waals surface area contributed by atoms with E-state index in [0.717, 1.165) is 39.3 Å². The van der Waals surface area contributed by atoms with Gasteiger partial charge in [-0.25, -0.2) is 0 Å². The van der Waals surface area contributed by atoms with Crippen LogP contribution in [-0.4, -0.2) is 41.0 Å². The molecule has 1 fully saturated rings. The smallest absolute Gasteiger partial charge is 0.0271 e. The second kappa shape index (κ2) is 7.03. The molecule has 0 saturated carbocycles. The van der Waals surface area contributed by atoms with Crippen LogP contribution in [0.15, 0.2) is 42.7 Å². The molecular formula is C19H25N3. The number of rotatable bonds is 4. The molecule has 0 bridgehead atoms. The van der Waals surface area contributed by atoms with E-state index in [9.17, 15) is 0 Å². The van der Waals surface area contributed by atoms with Gasteiger partial charge in [0, 0.05) is 51.7 Å². The van der Waals surface area contributed by atoms with Gasteiger partial charge in [0.25, 0.3) is 0 Å². The molecule has 0 N–H and O–H groups in total. The van der Waals surface area contributed by atoms with Crippen molar-refractivity contribution in [2.45, 2.75) is 26.9 Å². The topological polar surface area (TPSA) is 19.4 Å². The molecule has 0 radical (unpaired) electrons. The van der Waals surface area contributed by atoms with Gasteiger partial charge in [0.1, 0.15) is 0 Å². The van der Waals surface area contributed by atoms with Crippen molar-refractivity contribution in [1.29, 1.82) is 0 Å². The van der Waals surface area contributed by atoms with Gasteiger partial charge in [0.05, 0.1) is 0 Å². The van der Waals surface area contributed by atoms with Gasteiger partial charge in [-0.3, -0.25) is 14.8 Å². The van der Waals surface area contributed by atoms with Crippen molar-refractivity contribution in [1.82, 2.24) is 14.8 Å². The number of aromatic nitrogens is 1. The summed E-state index contributed by atoms with van der Waals surface area (Å²) in [7, 11) is 0. The van der Waals surface area contributed by atoms with Crippen LogP contribution < -0.4 is 0 Å². The van der Waals surface area contributed by atoms with E-state index in [4.69, 9.17) is 0 Å². The Labute approximate surface area is 133 Å². The normalized spacial score (nSPS) is 16.8. The second-order valence-electron chi connectivity index (χ2n) is 6.34. The van der Waals surface area contributed by atoms with Crippen molar-refractivity contribution in [3.8, 4) is 0 Å². The predicted molar refractivity (Wildman–Crippen MR) is 90.7 cm³/mol. The van der Waals surface area contributed by atoms with Gasteiger partial charge < -0.3 is 0 Å². The summed E-state index contributed by atoms with van der Waals surface area (Å²) in [5.74, 6) is 0. The van der Waals surface area contributed by atoms with Gasteiger partial charge in [0.2, 0.25) is 0 Å². The van der Waals surface area contributed by atoms with Gasteiger partial charge in [0.15, 0.2) is 0 Å². The van der Waals surface area contributed by atoms with Crippen LogP contribution >= 0.6 is 0 Å². The maximum absolute atomic E-state index is 4.09. The van der Waals surface area contributed by atoms with Gasteiger partial charge in [-0.05, 0) is 42.7 Å². The molecule has 0 unspecified atom stereocenters. The third-order valence-corrected chi connectivity index (χ3v) is 4.52. The van der Waals surface area contributed by atoms with E-state index >= 15 is 0 Å². The molecule has 3 rings (SSSR count). The van der Waals surface area contributed by atoms with E-state index in [2.05, 4.69) is 59.0 Å². The molecule has 22 heavy (non-hydrogen) atoms. The minimum Gasteiger partial charge on any atom is -0.297 e. The van der Waals surface area contributed by atoms with Gasteiger partial charge in [-0.15, -0.1) is 0 Å². The first-order valence-electron chi connectivity index (χ1n) is 8.10. The Morgan fingerprint density at radius 2 is 1.50 bits per heavy atom. The molecule has 0 atom stereocenters. The molecule has 1 aliphatic heterocycles. The van der Waals surface area contributed by atoms with Crippen LogP contribution in [0.3, 0.4) is 0 Å². The summed E-state index contributed by atoms with van der Waals surface area (Å²) in [6.45, 7) is 11.1. The first kappa shape index (κ1) is 15.2. The molecule has 3 nitrogen and oxygen atoms in total. The summed E-state index contributed by atoms with van der Waals surface area (Å²) < 4.78 is 0. The van der Waals surface area contributed by atoms with Crippen molar-refractivity contribution in [2.24, 2.45) is 0 Å². The van der Waals surface area contributed by atoms with E-state index < -0.39 is 0 Å². The number of benzene rings is 1. The molecule has 0 aliphatic carbocycles. The summed E-state index contributed by atoms with van der Waals surface area (Å²) in [5.41, 5.74) is 5.60. The van der Waals surface area contributed by atoms with Crippen LogP contribution in [0.4, 0.5) is 0 Å². The average Bonchev–Trinajstić information content (AvgIpc) is 2.54. The van der Waals surface area contributed by atoms with Crippen LogP contribution in [0, 0.1) is 13.8 Å². The molecule has 116 valence electrons. The molecular weight excluding hydrogens is 270 g/mol.